The molecule has 4 N–H and O–H groups in total. The minimum absolute atomic E-state index is 0.184. The zero-order chi connectivity index (χ0) is 12.6. The first-order chi connectivity index (χ1) is 8.02. The van der Waals surface area contributed by atoms with Gasteiger partial charge in [-0.05, 0) is 6.92 Å². The molecule has 7 nitrogen and oxygen atoms in total. The summed E-state index contributed by atoms with van der Waals surface area (Å²) in [5, 5.41) is 18.6. The van der Waals surface area contributed by atoms with E-state index < -0.39 is 24.1 Å². The van der Waals surface area contributed by atoms with E-state index in [9.17, 15) is 9.90 Å². The zero-order valence-corrected chi connectivity index (χ0v) is 9.41. The number of nitrogens with zero attached hydrogens (tertiary/aromatic N) is 2. The number of nitrogen functional groups attached to an aromatic ring is 1. The molecular formula is C10H15N3O4. The van der Waals surface area contributed by atoms with Gasteiger partial charge in [0.1, 0.15) is 18.1 Å². The van der Waals surface area contributed by atoms with Crippen LogP contribution in [0.3, 0.4) is 0 Å². The van der Waals surface area contributed by atoms with Crippen LogP contribution in [0.2, 0.25) is 0 Å². The maximum atomic E-state index is 11.6. The highest BCUT2D eigenvalue weighted by atomic mass is 16.5. The van der Waals surface area contributed by atoms with Crippen molar-refractivity contribution < 1.29 is 14.9 Å². The molecule has 0 spiro atoms. The van der Waals surface area contributed by atoms with E-state index in [0.29, 0.717) is 5.56 Å². The van der Waals surface area contributed by atoms with Gasteiger partial charge < -0.3 is 20.7 Å². The van der Waals surface area contributed by atoms with Crippen molar-refractivity contribution in [2.45, 2.75) is 31.8 Å². The summed E-state index contributed by atoms with van der Waals surface area (Å²) in [7, 11) is 0. The third-order valence-electron chi connectivity index (χ3n) is 2.87. The minimum Gasteiger partial charge on any atom is -0.394 e. The fourth-order valence-corrected chi connectivity index (χ4v) is 1.84. The Morgan fingerprint density at radius 1 is 1.71 bits per heavy atom. The molecule has 1 unspecified atom stereocenters. The molecule has 0 saturated carbocycles. The molecule has 0 aromatic carbocycles. The Labute approximate surface area is 97.5 Å². The maximum absolute atomic E-state index is 11.6. The van der Waals surface area contributed by atoms with Gasteiger partial charge in [0, 0.05) is 18.2 Å². The molecule has 1 saturated heterocycles. The van der Waals surface area contributed by atoms with E-state index in [0.717, 1.165) is 0 Å². The van der Waals surface area contributed by atoms with Crippen molar-refractivity contribution in [1.82, 2.24) is 9.55 Å². The number of aliphatic hydroxyl groups excluding tert-OH is 2. The number of ether oxygens (including phenoxy) is 1. The lowest BCUT2D eigenvalue weighted by atomic mass is 10.2. The number of rotatable bonds is 2. The molecule has 0 bridgehead atoms. The second-order valence-corrected chi connectivity index (χ2v) is 4.11. The van der Waals surface area contributed by atoms with Crippen LogP contribution in [0.1, 0.15) is 18.2 Å². The van der Waals surface area contributed by atoms with Gasteiger partial charge in [-0.2, -0.15) is 4.98 Å². The van der Waals surface area contributed by atoms with E-state index in [2.05, 4.69) is 4.98 Å². The van der Waals surface area contributed by atoms with E-state index in [1.165, 1.54) is 4.57 Å². The van der Waals surface area contributed by atoms with E-state index in [1.807, 2.05) is 0 Å². The van der Waals surface area contributed by atoms with Crippen LogP contribution in [-0.4, -0.2) is 38.6 Å². The molecule has 1 fully saturated rings. The number of aryl methyl sites for hydroxylation is 1. The molecule has 1 aliphatic heterocycles. The van der Waals surface area contributed by atoms with Gasteiger partial charge in [-0.15, -0.1) is 0 Å². The molecule has 94 valence electrons. The topological polar surface area (TPSA) is 111 Å². The van der Waals surface area contributed by atoms with E-state index in [4.69, 9.17) is 15.6 Å². The van der Waals surface area contributed by atoms with Crippen molar-refractivity contribution in [1.29, 1.82) is 0 Å². The highest BCUT2D eigenvalue weighted by molar-refractivity contribution is 5.35. The largest absolute Gasteiger partial charge is 0.394 e. The maximum Gasteiger partial charge on any atom is 0.351 e. The van der Waals surface area contributed by atoms with Crippen molar-refractivity contribution >= 4 is 5.82 Å². The first-order valence-electron chi connectivity index (χ1n) is 5.32. The van der Waals surface area contributed by atoms with Crippen LogP contribution in [0.4, 0.5) is 5.82 Å². The first kappa shape index (κ1) is 12.0. The van der Waals surface area contributed by atoms with Crippen LogP contribution in [0.5, 0.6) is 0 Å². The van der Waals surface area contributed by atoms with Crippen LogP contribution in [0.25, 0.3) is 0 Å². The van der Waals surface area contributed by atoms with Gasteiger partial charge >= 0.3 is 5.69 Å². The molecule has 2 rings (SSSR count). The molecule has 0 amide bonds. The molecule has 3 atom stereocenters. The van der Waals surface area contributed by atoms with Gasteiger partial charge in [0.25, 0.3) is 0 Å². The van der Waals surface area contributed by atoms with Gasteiger partial charge in [0.15, 0.2) is 0 Å². The summed E-state index contributed by atoms with van der Waals surface area (Å²) >= 11 is 0. The molecule has 7 heteroatoms. The van der Waals surface area contributed by atoms with E-state index >= 15 is 0 Å². The predicted molar refractivity (Wildman–Crippen MR) is 59.3 cm³/mol. The Morgan fingerprint density at radius 3 is 3.00 bits per heavy atom. The second kappa shape index (κ2) is 4.44. The Hall–Kier alpha value is -1.44. The minimum atomic E-state index is -0.783. The molecule has 17 heavy (non-hydrogen) atoms. The Morgan fingerprint density at radius 2 is 2.41 bits per heavy atom. The second-order valence-electron chi connectivity index (χ2n) is 4.11. The lowest BCUT2D eigenvalue weighted by Crippen LogP contribution is -2.28. The normalized spacial score (nSPS) is 28.5. The summed E-state index contributed by atoms with van der Waals surface area (Å²) < 4.78 is 6.65. The fourth-order valence-electron chi connectivity index (χ4n) is 1.84. The molecular weight excluding hydrogens is 226 g/mol. The summed E-state index contributed by atoms with van der Waals surface area (Å²) in [5.74, 6) is 0.184. The summed E-state index contributed by atoms with van der Waals surface area (Å²) in [4.78, 5) is 15.3. The third kappa shape index (κ3) is 2.17. The average molecular weight is 241 g/mol. The van der Waals surface area contributed by atoms with Crippen molar-refractivity contribution in [3.8, 4) is 0 Å². The molecule has 0 radical (unpaired) electrons. The number of anilines is 1. The van der Waals surface area contributed by atoms with Gasteiger partial charge in [0.05, 0.1) is 12.7 Å². The van der Waals surface area contributed by atoms with Crippen LogP contribution < -0.4 is 11.4 Å². The Balaban J connectivity index is 2.30. The lowest BCUT2D eigenvalue weighted by molar-refractivity contribution is -0.0459. The number of hydrogen-bond donors (Lipinski definition) is 3. The van der Waals surface area contributed by atoms with Crippen molar-refractivity contribution in [3.63, 3.8) is 0 Å². The van der Waals surface area contributed by atoms with E-state index in [-0.39, 0.29) is 18.8 Å². The summed E-state index contributed by atoms with van der Waals surface area (Å²) in [6, 6.07) is 0. The Bertz CT molecular complexity index is 473. The quantitative estimate of drug-likeness (QED) is 0.598. The van der Waals surface area contributed by atoms with Crippen LogP contribution in [-0.2, 0) is 4.74 Å². The average Bonchev–Trinajstić information content (AvgIpc) is 2.65. The predicted octanol–water partition coefficient (Wildman–Crippen LogP) is -1.23. The van der Waals surface area contributed by atoms with Gasteiger partial charge in [-0.25, -0.2) is 4.79 Å². The summed E-state index contributed by atoms with van der Waals surface area (Å²) in [5.41, 5.74) is 5.65. The molecule has 2 heterocycles. The number of aliphatic hydroxyl groups is 2. The van der Waals surface area contributed by atoms with Crippen LogP contribution >= 0.6 is 0 Å². The van der Waals surface area contributed by atoms with Crippen LogP contribution in [0.15, 0.2) is 11.0 Å². The van der Waals surface area contributed by atoms with E-state index in [1.54, 1.807) is 13.1 Å². The molecule has 1 aliphatic rings. The highest BCUT2D eigenvalue weighted by Crippen LogP contribution is 2.27. The van der Waals surface area contributed by atoms with Crippen LogP contribution in [0, 0.1) is 6.92 Å². The third-order valence-corrected chi connectivity index (χ3v) is 2.87. The Kier molecular flexibility index (Phi) is 3.14. The van der Waals surface area contributed by atoms with Crippen molar-refractivity contribution in [3.05, 3.63) is 22.2 Å². The fraction of sp³-hybridized carbons (Fsp3) is 0.600. The standard InChI is InChI=1S/C10H15N3O4/c1-5-3-13(10(16)12-9(5)11)8-2-6(15)7(4-14)17-8/h3,6-8,14-15H,2,4H2,1H3,(H2,11,12,16)/t6-,7?,8-/m1/s1. The monoisotopic (exact) mass is 241 g/mol. The summed E-state index contributed by atoms with van der Waals surface area (Å²) in [6.07, 6.45) is -0.265. The number of nitrogens with two attached hydrogens (primary N) is 1. The SMILES string of the molecule is Cc1cn([C@H]2C[C@@H](O)C(CO)O2)c(=O)nc1N. The van der Waals surface area contributed by atoms with Crippen molar-refractivity contribution in [2.24, 2.45) is 0 Å². The number of hydrogen-bond acceptors (Lipinski definition) is 6. The highest BCUT2D eigenvalue weighted by Gasteiger charge is 2.35. The molecule has 1 aromatic heterocycles. The lowest BCUT2D eigenvalue weighted by Gasteiger charge is -2.15. The number of aromatic nitrogens is 2. The molecule has 1 aromatic rings. The zero-order valence-electron chi connectivity index (χ0n) is 9.41. The smallest absolute Gasteiger partial charge is 0.351 e. The first-order valence-corrected chi connectivity index (χ1v) is 5.32. The van der Waals surface area contributed by atoms with Gasteiger partial charge in [0.2, 0.25) is 0 Å². The van der Waals surface area contributed by atoms with Gasteiger partial charge in [-0.1, -0.05) is 0 Å². The summed E-state index contributed by atoms with van der Waals surface area (Å²) in [6.45, 7) is 1.45. The molecule has 0 aliphatic carbocycles. The van der Waals surface area contributed by atoms with Gasteiger partial charge in [-0.3, -0.25) is 4.57 Å². The van der Waals surface area contributed by atoms with Crippen molar-refractivity contribution in [2.75, 3.05) is 12.3 Å².